The van der Waals surface area contributed by atoms with E-state index in [0.717, 1.165) is 16.6 Å². The van der Waals surface area contributed by atoms with Crippen molar-refractivity contribution in [1.29, 1.82) is 0 Å². The number of rotatable bonds is 2. The molecule has 90 valence electrons. The highest BCUT2D eigenvalue weighted by molar-refractivity contribution is 14.2. The van der Waals surface area contributed by atoms with E-state index in [9.17, 15) is 4.39 Å². The second kappa shape index (κ2) is 4.89. The van der Waals surface area contributed by atoms with Crippen LogP contribution in [0.25, 0.3) is 22.2 Å². The van der Waals surface area contributed by atoms with Crippen molar-refractivity contribution in [3.8, 4) is 11.1 Å². The lowest BCUT2D eigenvalue weighted by Crippen LogP contribution is -1.87. The van der Waals surface area contributed by atoms with E-state index in [4.69, 9.17) is 0 Å². The standard InChI is InChI=1S/C13H8FIN2S/c14-12-4-2-1-3-11(12)10-7-9-5-6-17(18-15)13(9)16-8-10/h1-8H. The van der Waals surface area contributed by atoms with E-state index in [1.165, 1.54) is 6.07 Å². The van der Waals surface area contributed by atoms with Crippen LogP contribution < -0.4 is 0 Å². The molecule has 0 saturated heterocycles. The van der Waals surface area contributed by atoms with E-state index in [1.54, 1.807) is 27.4 Å². The molecule has 3 rings (SSSR count). The third kappa shape index (κ3) is 2.01. The normalized spacial score (nSPS) is 11.0. The zero-order valence-electron chi connectivity index (χ0n) is 9.18. The molecule has 3 aromatic rings. The second-order valence-corrected chi connectivity index (χ2v) is 5.54. The predicted molar refractivity (Wildman–Crippen MR) is 82.1 cm³/mol. The van der Waals surface area contributed by atoms with Crippen molar-refractivity contribution in [3.63, 3.8) is 0 Å². The molecule has 0 radical (unpaired) electrons. The monoisotopic (exact) mass is 370 g/mol. The number of hydrogen-bond donors (Lipinski definition) is 0. The summed E-state index contributed by atoms with van der Waals surface area (Å²) in [5, 5.41) is 1.01. The maximum atomic E-state index is 13.7. The Labute approximate surface area is 120 Å². The van der Waals surface area contributed by atoms with Gasteiger partial charge in [0.2, 0.25) is 0 Å². The Hall–Kier alpha value is -1.08. The minimum absolute atomic E-state index is 0.221. The van der Waals surface area contributed by atoms with Crippen LogP contribution in [0, 0.1) is 5.82 Å². The predicted octanol–water partition coefficient (Wildman–Crippen LogP) is 4.69. The van der Waals surface area contributed by atoms with Gasteiger partial charge in [0.1, 0.15) is 5.82 Å². The molecule has 2 nitrogen and oxygen atoms in total. The summed E-state index contributed by atoms with van der Waals surface area (Å²) in [6.07, 6.45) is 3.67. The van der Waals surface area contributed by atoms with Crippen LogP contribution in [0.5, 0.6) is 0 Å². The number of aromatic nitrogens is 2. The van der Waals surface area contributed by atoms with Gasteiger partial charge in [0.25, 0.3) is 0 Å². The van der Waals surface area contributed by atoms with Crippen molar-refractivity contribution in [2.45, 2.75) is 0 Å². The Balaban J connectivity index is 2.17. The molecule has 0 N–H and O–H groups in total. The zero-order chi connectivity index (χ0) is 12.5. The molecule has 0 saturated carbocycles. The SMILES string of the molecule is Fc1ccccc1-c1cnc2c(ccn2SI)c1. The van der Waals surface area contributed by atoms with Gasteiger partial charge in [0.15, 0.2) is 5.65 Å². The Bertz CT molecular complexity index is 711. The lowest BCUT2D eigenvalue weighted by atomic mass is 10.1. The number of halogens is 2. The molecule has 0 spiro atoms. The van der Waals surface area contributed by atoms with E-state index in [2.05, 4.69) is 26.2 Å². The summed E-state index contributed by atoms with van der Waals surface area (Å²) in [5.74, 6) is -0.221. The van der Waals surface area contributed by atoms with Gasteiger partial charge in [-0.3, -0.25) is 3.97 Å². The van der Waals surface area contributed by atoms with E-state index in [1.807, 2.05) is 28.4 Å². The minimum atomic E-state index is -0.221. The molecule has 0 aliphatic heterocycles. The maximum absolute atomic E-state index is 13.7. The van der Waals surface area contributed by atoms with Crippen LogP contribution in [0.3, 0.4) is 0 Å². The number of hydrogen-bond acceptors (Lipinski definition) is 2. The van der Waals surface area contributed by atoms with Crippen molar-refractivity contribution in [2.24, 2.45) is 0 Å². The molecular weight excluding hydrogens is 362 g/mol. The molecular formula is C13H8FIN2S. The van der Waals surface area contributed by atoms with Crippen LogP contribution in [0.1, 0.15) is 0 Å². The summed E-state index contributed by atoms with van der Waals surface area (Å²) < 4.78 is 15.7. The fourth-order valence-corrected chi connectivity index (χ4v) is 3.18. The van der Waals surface area contributed by atoms with Gasteiger partial charge in [-0.1, -0.05) is 18.2 Å². The number of benzene rings is 1. The number of pyridine rings is 1. The minimum Gasteiger partial charge on any atom is -0.266 e. The highest BCUT2D eigenvalue weighted by Crippen LogP contribution is 2.28. The Morgan fingerprint density at radius 3 is 2.83 bits per heavy atom. The summed E-state index contributed by atoms with van der Waals surface area (Å²) in [6.45, 7) is 0. The van der Waals surface area contributed by atoms with Gasteiger partial charge in [-0.25, -0.2) is 9.37 Å². The van der Waals surface area contributed by atoms with Crippen molar-refractivity contribution in [2.75, 3.05) is 0 Å². The molecule has 1 aromatic carbocycles. The first-order valence-corrected chi connectivity index (χ1v) is 8.62. The lowest BCUT2D eigenvalue weighted by molar-refractivity contribution is 0.631. The molecule has 5 heteroatoms. The number of fused-ring (bicyclic) bond motifs is 1. The molecule has 0 aliphatic rings. The summed E-state index contributed by atoms with van der Waals surface area (Å²) >= 11 is 2.20. The average Bonchev–Trinajstić information content (AvgIpc) is 2.81. The fourth-order valence-electron chi connectivity index (χ4n) is 1.90. The Kier molecular flexibility index (Phi) is 3.25. The Morgan fingerprint density at radius 1 is 1.22 bits per heavy atom. The molecule has 0 aliphatic carbocycles. The van der Waals surface area contributed by atoms with Crippen LogP contribution in [0.2, 0.25) is 0 Å². The summed E-state index contributed by atoms with van der Waals surface area (Å²) in [7, 11) is 1.56. The van der Waals surface area contributed by atoms with Gasteiger partial charge >= 0.3 is 0 Å². The van der Waals surface area contributed by atoms with E-state index in [-0.39, 0.29) is 5.82 Å². The smallest absolute Gasteiger partial charge is 0.150 e. The zero-order valence-corrected chi connectivity index (χ0v) is 12.2. The lowest BCUT2D eigenvalue weighted by Gasteiger charge is -2.03. The van der Waals surface area contributed by atoms with Crippen molar-refractivity contribution < 1.29 is 4.39 Å². The topological polar surface area (TPSA) is 17.8 Å². The highest BCUT2D eigenvalue weighted by Gasteiger charge is 2.07. The molecule has 2 aromatic heterocycles. The first kappa shape index (κ1) is 12.0. The van der Waals surface area contributed by atoms with E-state index >= 15 is 0 Å². The highest BCUT2D eigenvalue weighted by atomic mass is 127. The van der Waals surface area contributed by atoms with Gasteiger partial charge in [0, 0.05) is 59.2 Å². The average molecular weight is 370 g/mol. The van der Waals surface area contributed by atoms with Gasteiger partial charge in [-0.15, -0.1) is 0 Å². The third-order valence-electron chi connectivity index (χ3n) is 2.75. The fraction of sp³-hybridized carbons (Fsp3) is 0. The van der Waals surface area contributed by atoms with Crippen molar-refractivity contribution in [1.82, 2.24) is 8.96 Å². The van der Waals surface area contributed by atoms with Crippen molar-refractivity contribution in [3.05, 3.63) is 54.6 Å². The van der Waals surface area contributed by atoms with Crippen LogP contribution in [0.15, 0.2) is 48.8 Å². The van der Waals surface area contributed by atoms with E-state index < -0.39 is 0 Å². The van der Waals surface area contributed by atoms with Crippen LogP contribution in [-0.4, -0.2) is 8.96 Å². The first-order chi connectivity index (χ1) is 8.79. The summed E-state index contributed by atoms with van der Waals surface area (Å²) in [5.41, 5.74) is 2.29. The maximum Gasteiger partial charge on any atom is 0.150 e. The van der Waals surface area contributed by atoms with Gasteiger partial charge in [-0.05, 0) is 18.2 Å². The molecule has 0 bridgehead atoms. The van der Waals surface area contributed by atoms with Crippen LogP contribution in [-0.2, 0) is 0 Å². The quantitative estimate of drug-likeness (QED) is 0.610. The second-order valence-electron chi connectivity index (χ2n) is 3.83. The van der Waals surface area contributed by atoms with Gasteiger partial charge in [-0.2, -0.15) is 0 Å². The van der Waals surface area contributed by atoms with Gasteiger partial charge in [0.05, 0.1) is 0 Å². The van der Waals surface area contributed by atoms with Gasteiger partial charge < -0.3 is 0 Å². The summed E-state index contributed by atoms with van der Waals surface area (Å²) in [4.78, 5) is 4.40. The third-order valence-corrected chi connectivity index (χ3v) is 4.47. The van der Waals surface area contributed by atoms with Crippen molar-refractivity contribution >= 4 is 41.4 Å². The number of nitrogens with zero attached hydrogens (tertiary/aromatic N) is 2. The molecule has 0 fully saturated rings. The molecule has 0 amide bonds. The van der Waals surface area contributed by atoms with Crippen LogP contribution >= 0.6 is 30.3 Å². The Morgan fingerprint density at radius 2 is 2.06 bits per heavy atom. The molecule has 0 atom stereocenters. The largest absolute Gasteiger partial charge is 0.266 e. The first-order valence-electron chi connectivity index (χ1n) is 5.30. The molecule has 18 heavy (non-hydrogen) atoms. The molecule has 0 unspecified atom stereocenters. The summed E-state index contributed by atoms with van der Waals surface area (Å²) in [6, 6.07) is 10.7. The van der Waals surface area contributed by atoms with Crippen LogP contribution in [0.4, 0.5) is 4.39 Å². The molecule has 2 heterocycles. The van der Waals surface area contributed by atoms with E-state index in [0.29, 0.717) is 5.56 Å².